The van der Waals surface area contributed by atoms with E-state index in [0.717, 1.165) is 35.2 Å². The molecular weight excluding hydrogens is 320 g/mol. The molecule has 0 aliphatic heterocycles. The molecule has 4 nitrogen and oxygen atoms in total. The van der Waals surface area contributed by atoms with E-state index < -0.39 is 10.0 Å². The summed E-state index contributed by atoms with van der Waals surface area (Å²) >= 11 is 0. The Bertz CT molecular complexity index is 965. The van der Waals surface area contributed by atoms with E-state index >= 15 is 0 Å². The van der Waals surface area contributed by atoms with E-state index in [1.165, 1.54) is 5.57 Å². The van der Waals surface area contributed by atoms with Crippen LogP contribution in [0.1, 0.15) is 29.7 Å². The maximum absolute atomic E-state index is 11.4. The highest BCUT2D eigenvalue weighted by atomic mass is 32.2. The first-order valence-corrected chi connectivity index (χ1v) is 9.43. The van der Waals surface area contributed by atoms with Crippen LogP contribution >= 0.6 is 0 Å². The van der Waals surface area contributed by atoms with Crippen molar-refractivity contribution in [1.82, 2.24) is 4.98 Å². The van der Waals surface area contributed by atoms with Crippen LogP contribution in [0.4, 0.5) is 0 Å². The van der Waals surface area contributed by atoms with Gasteiger partial charge in [0.25, 0.3) is 0 Å². The van der Waals surface area contributed by atoms with Crippen LogP contribution in [-0.4, -0.2) is 13.4 Å². The minimum atomic E-state index is -3.67. The first-order valence-electron chi connectivity index (χ1n) is 7.89. The molecular formula is C19H18N2O2S. The second-order valence-corrected chi connectivity index (χ2v) is 8.17. The average Bonchev–Trinajstić information content (AvgIpc) is 3.19. The average molecular weight is 338 g/mol. The maximum atomic E-state index is 11.4. The molecule has 2 aromatic rings. The monoisotopic (exact) mass is 338 g/mol. The first-order chi connectivity index (χ1) is 11.4. The zero-order valence-corrected chi connectivity index (χ0v) is 14.2. The van der Waals surface area contributed by atoms with Crippen molar-refractivity contribution in [1.29, 1.82) is 0 Å². The molecule has 1 aromatic carbocycles. The Balaban J connectivity index is 1.76. The molecule has 0 radical (unpaired) electrons. The zero-order valence-electron chi connectivity index (χ0n) is 13.4. The fourth-order valence-electron chi connectivity index (χ4n) is 3.13. The quantitative estimate of drug-likeness (QED) is 0.933. The molecule has 0 amide bonds. The maximum Gasteiger partial charge on any atom is 0.238 e. The van der Waals surface area contributed by atoms with Crippen molar-refractivity contribution in [3.63, 3.8) is 0 Å². The van der Waals surface area contributed by atoms with Gasteiger partial charge in [-0.2, -0.15) is 0 Å². The summed E-state index contributed by atoms with van der Waals surface area (Å²) in [6, 6.07) is 10.9. The molecule has 1 heterocycles. The number of rotatable bonds is 3. The molecule has 1 fully saturated rings. The van der Waals surface area contributed by atoms with Crippen molar-refractivity contribution < 1.29 is 8.42 Å². The summed E-state index contributed by atoms with van der Waals surface area (Å²) < 4.78 is 22.9. The summed E-state index contributed by atoms with van der Waals surface area (Å²) in [6.45, 7) is 1.97. The van der Waals surface area contributed by atoms with Crippen LogP contribution in [0.5, 0.6) is 0 Å². The summed E-state index contributed by atoms with van der Waals surface area (Å²) in [5, 5.41) is 5.18. The van der Waals surface area contributed by atoms with Gasteiger partial charge in [0.15, 0.2) is 0 Å². The van der Waals surface area contributed by atoms with Gasteiger partial charge in [-0.15, -0.1) is 0 Å². The number of aromatic nitrogens is 1. The summed E-state index contributed by atoms with van der Waals surface area (Å²) in [6.07, 6.45) is 8.84. The molecule has 0 bridgehead atoms. The number of hydrogen-bond donors (Lipinski definition) is 1. The topological polar surface area (TPSA) is 73.1 Å². The number of pyridine rings is 1. The van der Waals surface area contributed by atoms with Crippen molar-refractivity contribution in [3.8, 4) is 0 Å². The zero-order chi connectivity index (χ0) is 16.9. The number of primary sulfonamides is 1. The molecule has 2 aliphatic carbocycles. The van der Waals surface area contributed by atoms with E-state index in [-0.39, 0.29) is 10.3 Å². The highest BCUT2D eigenvalue weighted by Crippen LogP contribution is 2.57. The van der Waals surface area contributed by atoms with Gasteiger partial charge in [0, 0.05) is 22.9 Å². The van der Waals surface area contributed by atoms with Gasteiger partial charge in [0.05, 0.1) is 4.90 Å². The lowest BCUT2D eigenvalue weighted by Crippen LogP contribution is -2.11. The van der Waals surface area contributed by atoms with Crippen LogP contribution in [0.3, 0.4) is 0 Å². The van der Waals surface area contributed by atoms with Gasteiger partial charge in [-0.25, -0.2) is 13.6 Å². The number of benzene rings is 1. The lowest BCUT2D eigenvalue weighted by molar-refractivity contribution is 0.598. The third-order valence-electron chi connectivity index (χ3n) is 4.70. The third-order valence-corrected chi connectivity index (χ3v) is 5.63. The summed E-state index contributed by atoms with van der Waals surface area (Å²) in [4.78, 5) is 4.54. The molecule has 5 heteroatoms. The summed E-state index contributed by atoms with van der Waals surface area (Å²) in [5.74, 6) is 0. The van der Waals surface area contributed by atoms with Crippen molar-refractivity contribution in [2.75, 3.05) is 0 Å². The normalized spacial score (nSPS) is 18.4. The molecule has 2 aliphatic rings. The number of nitrogens with two attached hydrogens (primary N) is 1. The van der Waals surface area contributed by atoms with Crippen LogP contribution in [0.25, 0.3) is 11.1 Å². The summed E-state index contributed by atoms with van der Waals surface area (Å²) in [5.41, 5.74) is 5.56. The standard InChI is InChI=1S/C19H18N2O2S/c1-13-2-3-15(12-21-13)18-11-19(8-9-19)10-17(18)14-4-6-16(7-5-14)24(20,22)23/h2-7,10-12H,8-9H2,1H3,(H2,20,22,23). The Morgan fingerprint density at radius 3 is 2.04 bits per heavy atom. The SMILES string of the molecule is Cc1ccc(C2=CC3(C=C2c2ccc(S(N)(=O)=O)cc2)CC3)cn1. The molecule has 2 N–H and O–H groups in total. The Morgan fingerprint density at radius 2 is 1.54 bits per heavy atom. The molecule has 1 spiro atoms. The second-order valence-electron chi connectivity index (χ2n) is 6.61. The molecule has 0 saturated heterocycles. The molecule has 1 aromatic heterocycles. The molecule has 0 atom stereocenters. The molecule has 0 unspecified atom stereocenters. The number of nitrogens with zero attached hydrogens (tertiary/aromatic N) is 1. The predicted octanol–water partition coefficient (Wildman–Crippen LogP) is 3.30. The number of aryl methyl sites for hydroxylation is 1. The lowest BCUT2D eigenvalue weighted by Gasteiger charge is -2.10. The number of sulfonamides is 1. The van der Waals surface area contributed by atoms with Crippen molar-refractivity contribution in [2.45, 2.75) is 24.7 Å². The van der Waals surface area contributed by atoms with Crippen LogP contribution in [-0.2, 0) is 10.0 Å². The smallest absolute Gasteiger partial charge is 0.238 e. The minimum Gasteiger partial charge on any atom is -0.261 e. The van der Waals surface area contributed by atoms with E-state index in [1.807, 2.05) is 31.3 Å². The Kier molecular flexibility index (Phi) is 3.27. The first kappa shape index (κ1) is 15.3. The number of hydrogen-bond acceptors (Lipinski definition) is 3. The Labute approximate surface area is 141 Å². The Hall–Kier alpha value is -2.24. The van der Waals surface area contributed by atoms with Crippen molar-refractivity contribution in [2.24, 2.45) is 10.6 Å². The fourth-order valence-corrected chi connectivity index (χ4v) is 3.65. The highest BCUT2D eigenvalue weighted by molar-refractivity contribution is 7.89. The van der Waals surface area contributed by atoms with E-state index in [2.05, 4.69) is 23.2 Å². The van der Waals surface area contributed by atoms with Crippen molar-refractivity contribution >= 4 is 21.2 Å². The van der Waals surface area contributed by atoms with Crippen LogP contribution < -0.4 is 5.14 Å². The second kappa shape index (κ2) is 5.13. The minimum absolute atomic E-state index is 0.133. The van der Waals surface area contributed by atoms with Gasteiger partial charge in [0.2, 0.25) is 10.0 Å². The number of allylic oxidation sites excluding steroid dienone is 4. The lowest BCUT2D eigenvalue weighted by atomic mass is 9.96. The van der Waals surface area contributed by atoms with Gasteiger partial charge in [-0.3, -0.25) is 4.98 Å². The summed E-state index contributed by atoms with van der Waals surface area (Å²) in [7, 11) is -3.67. The van der Waals surface area contributed by atoms with Gasteiger partial charge < -0.3 is 0 Å². The van der Waals surface area contributed by atoms with E-state index in [1.54, 1.807) is 12.1 Å². The fraction of sp³-hybridized carbons (Fsp3) is 0.211. The third kappa shape index (κ3) is 2.70. The Morgan fingerprint density at radius 1 is 0.958 bits per heavy atom. The molecule has 24 heavy (non-hydrogen) atoms. The van der Waals surface area contributed by atoms with Gasteiger partial charge in [0.1, 0.15) is 0 Å². The van der Waals surface area contributed by atoms with Crippen molar-refractivity contribution in [3.05, 3.63) is 71.6 Å². The highest BCUT2D eigenvalue weighted by Gasteiger charge is 2.43. The van der Waals surface area contributed by atoms with E-state index in [4.69, 9.17) is 5.14 Å². The van der Waals surface area contributed by atoms with E-state index in [0.29, 0.717) is 0 Å². The van der Waals surface area contributed by atoms with Gasteiger partial charge >= 0.3 is 0 Å². The van der Waals surface area contributed by atoms with Gasteiger partial charge in [-0.05, 0) is 54.7 Å². The largest absolute Gasteiger partial charge is 0.261 e. The van der Waals surface area contributed by atoms with E-state index in [9.17, 15) is 8.42 Å². The van der Waals surface area contributed by atoms with Crippen LogP contribution in [0.2, 0.25) is 0 Å². The van der Waals surface area contributed by atoms with Gasteiger partial charge in [-0.1, -0.05) is 30.4 Å². The van der Waals surface area contributed by atoms with Crippen LogP contribution in [0, 0.1) is 12.3 Å². The molecule has 4 rings (SSSR count). The molecule has 1 saturated carbocycles. The molecule has 122 valence electrons. The predicted molar refractivity (Wildman–Crippen MR) is 94.4 cm³/mol. The van der Waals surface area contributed by atoms with Crippen LogP contribution in [0.15, 0.2) is 59.6 Å².